The third-order valence-corrected chi connectivity index (χ3v) is 5.48. The van der Waals surface area contributed by atoms with Crippen molar-refractivity contribution in [1.29, 1.82) is 0 Å². The molecule has 0 aromatic heterocycles. The quantitative estimate of drug-likeness (QED) is 0.829. The van der Waals surface area contributed by atoms with Gasteiger partial charge in [-0.1, -0.05) is 12.1 Å². The molecule has 24 heavy (non-hydrogen) atoms. The maximum absolute atomic E-state index is 11.6. The van der Waals surface area contributed by atoms with Crippen molar-refractivity contribution in [3.63, 3.8) is 0 Å². The van der Waals surface area contributed by atoms with Gasteiger partial charge < -0.3 is 10.4 Å². The molecule has 0 aliphatic carbocycles. The summed E-state index contributed by atoms with van der Waals surface area (Å²) in [7, 11) is 1.66. The van der Waals surface area contributed by atoms with Crippen molar-refractivity contribution in [2.45, 2.75) is 44.3 Å². The van der Waals surface area contributed by atoms with Crippen LogP contribution in [0.25, 0.3) is 0 Å². The Balaban J connectivity index is 1.58. The van der Waals surface area contributed by atoms with E-state index in [9.17, 15) is 9.90 Å². The van der Waals surface area contributed by atoms with Crippen molar-refractivity contribution in [2.75, 3.05) is 33.3 Å². The maximum Gasteiger partial charge on any atom is 0.251 e. The molecule has 1 aromatic carbocycles. The number of amides is 1. The van der Waals surface area contributed by atoms with Gasteiger partial charge in [-0.25, -0.2) is 0 Å². The highest BCUT2D eigenvalue weighted by molar-refractivity contribution is 5.93. The van der Waals surface area contributed by atoms with Crippen LogP contribution in [-0.2, 0) is 6.54 Å². The summed E-state index contributed by atoms with van der Waals surface area (Å²) in [5, 5.41) is 12.2. The summed E-state index contributed by atoms with van der Waals surface area (Å²) >= 11 is 0. The first-order valence-electron chi connectivity index (χ1n) is 9.11. The fourth-order valence-electron chi connectivity index (χ4n) is 4.06. The lowest BCUT2D eigenvalue weighted by molar-refractivity contribution is 0.0963. The number of aliphatic hydroxyl groups excluding tert-OH is 1. The minimum Gasteiger partial charge on any atom is -0.395 e. The van der Waals surface area contributed by atoms with Gasteiger partial charge in [-0.05, 0) is 56.5 Å². The maximum atomic E-state index is 11.6. The number of likely N-dealkylation sites (tertiary alicyclic amines) is 2. The number of hydrogen-bond acceptors (Lipinski definition) is 4. The highest BCUT2D eigenvalue weighted by Crippen LogP contribution is 2.24. The summed E-state index contributed by atoms with van der Waals surface area (Å²) in [5.41, 5.74) is 1.97. The molecule has 2 fully saturated rings. The summed E-state index contributed by atoms with van der Waals surface area (Å²) in [5.74, 6) is -0.0373. The van der Waals surface area contributed by atoms with Crippen molar-refractivity contribution in [3.8, 4) is 0 Å². The predicted molar refractivity (Wildman–Crippen MR) is 94.9 cm³/mol. The normalized spacial score (nSPS) is 25.2. The van der Waals surface area contributed by atoms with Crippen LogP contribution in [0.2, 0.25) is 0 Å². The smallest absolute Gasteiger partial charge is 0.251 e. The lowest BCUT2D eigenvalue weighted by atomic mass is 10.1. The van der Waals surface area contributed by atoms with Gasteiger partial charge in [0.05, 0.1) is 6.61 Å². The van der Waals surface area contributed by atoms with Crippen molar-refractivity contribution in [1.82, 2.24) is 15.1 Å². The lowest BCUT2D eigenvalue weighted by Crippen LogP contribution is -2.43. The average Bonchev–Trinajstić information content (AvgIpc) is 3.24. The Kier molecular flexibility index (Phi) is 5.87. The first kappa shape index (κ1) is 17.4. The molecule has 0 spiro atoms. The van der Waals surface area contributed by atoms with Gasteiger partial charge in [-0.3, -0.25) is 14.6 Å². The van der Waals surface area contributed by atoms with Crippen LogP contribution in [0.3, 0.4) is 0 Å². The molecule has 1 aromatic rings. The average molecular weight is 331 g/mol. The van der Waals surface area contributed by atoms with Gasteiger partial charge in [-0.15, -0.1) is 0 Å². The van der Waals surface area contributed by atoms with Gasteiger partial charge in [0, 0.05) is 37.8 Å². The van der Waals surface area contributed by atoms with Crippen LogP contribution in [0.15, 0.2) is 24.3 Å². The second kappa shape index (κ2) is 8.10. The number of carbonyl (C=O) groups is 1. The van der Waals surface area contributed by atoms with E-state index in [2.05, 4.69) is 27.2 Å². The number of nitrogens with one attached hydrogen (secondary N) is 1. The number of rotatable bonds is 6. The Hall–Kier alpha value is -1.43. The number of benzene rings is 1. The van der Waals surface area contributed by atoms with E-state index in [1.165, 1.54) is 24.8 Å². The Labute approximate surface area is 144 Å². The van der Waals surface area contributed by atoms with Crippen LogP contribution in [0.1, 0.15) is 41.6 Å². The van der Waals surface area contributed by atoms with Gasteiger partial charge in [0.2, 0.25) is 0 Å². The van der Waals surface area contributed by atoms with E-state index < -0.39 is 0 Å². The van der Waals surface area contributed by atoms with Crippen molar-refractivity contribution in [3.05, 3.63) is 35.4 Å². The summed E-state index contributed by atoms with van der Waals surface area (Å²) in [4.78, 5) is 16.7. The third kappa shape index (κ3) is 3.97. The SMILES string of the molecule is CNC(=O)c1ccc(CN2CCCC2CN2CCCC2CO)cc1. The van der Waals surface area contributed by atoms with Gasteiger partial charge in [0.15, 0.2) is 0 Å². The molecule has 2 aliphatic rings. The molecule has 1 amide bonds. The fraction of sp³-hybridized carbons (Fsp3) is 0.632. The van der Waals surface area contributed by atoms with E-state index in [1.807, 2.05) is 12.1 Å². The Bertz CT molecular complexity index is 546. The van der Waals surface area contributed by atoms with Crippen LogP contribution in [0.4, 0.5) is 0 Å². The number of nitrogens with zero attached hydrogens (tertiary/aromatic N) is 2. The predicted octanol–water partition coefficient (Wildman–Crippen LogP) is 1.47. The highest BCUT2D eigenvalue weighted by Gasteiger charge is 2.31. The monoisotopic (exact) mass is 331 g/mol. The molecule has 2 unspecified atom stereocenters. The van der Waals surface area contributed by atoms with E-state index in [4.69, 9.17) is 0 Å². The zero-order chi connectivity index (χ0) is 16.9. The van der Waals surface area contributed by atoms with Crippen LogP contribution in [-0.4, -0.2) is 66.2 Å². The third-order valence-electron chi connectivity index (χ3n) is 5.48. The van der Waals surface area contributed by atoms with Crippen LogP contribution in [0, 0.1) is 0 Å². The van der Waals surface area contributed by atoms with Gasteiger partial charge in [-0.2, -0.15) is 0 Å². The molecule has 0 saturated carbocycles. The molecule has 5 heteroatoms. The van der Waals surface area contributed by atoms with Crippen molar-refractivity contribution < 1.29 is 9.90 Å². The molecular formula is C19H29N3O2. The second-order valence-electron chi connectivity index (χ2n) is 7.02. The first-order chi connectivity index (χ1) is 11.7. The molecular weight excluding hydrogens is 302 g/mol. The Morgan fingerprint density at radius 1 is 1.12 bits per heavy atom. The Morgan fingerprint density at radius 2 is 1.79 bits per heavy atom. The molecule has 0 bridgehead atoms. The van der Waals surface area contributed by atoms with Gasteiger partial charge in [0.25, 0.3) is 5.91 Å². The molecule has 132 valence electrons. The molecule has 5 nitrogen and oxygen atoms in total. The van der Waals surface area contributed by atoms with Crippen molar-refractivity contribution >= 4 is 5.91 Å². The van der Waals surface area contributed by atoms with E-state index in [0.29, 0.717) is 17.6 Å². The fourth-order valence-corrected chi connectivity index (χ4v) is 4.06. The van der Waals surface area contributed by atoms with Crippen LogP contribution < -0.4 is 5.32 Å². The molecule has 2 aliphatic heterocycles. The minimum atomic E-state index is -0.0373. The van der Waals surface area contributed by atoms with Gasteiger partial charge in [0.1, 0.15) is 0 Å². The van der Waals surface area contributed by atoms with E-state index in [-0.39, 0.29) is 12.5 Å². The topological polar surface area (TPSA) is 55.8 Å². The first-order valence-corrected chi connectivity index (χ1v) is 9.11. The van der Waals surface area contributed by atoms with Crippen LogP contribution >= 0.6 is 0 Å². The summed E-state index contributed by atoms with van der Waals surface area (Å²) < 4.78 is 0. The molecule has 2 saturated heterocycles. The van der Waals surface area contributed by atoms with Crippen LogP contribution in [0.5, 0.6) is 0 Å². The standard InChI is InChI=1S/C19H29N3O2/c1-20-19(24)16-8-6-15(7-9-16)12-21-10-2-4-17(21)13-22-11-3-5-18(22)14-23/h6-9,17-18,23H,2-5,10-14H2,1H3,(H,20,24). The molecule has 2 atom stereocenters. The largest absolute Gasteiger partial charge is 0.395 e. The molecule has 2 heterocycles. The van der Waals surface area contributed by atoms with E-state index in [0.717, 1.165) is 32.6 Å². The molecule has 2 N–H and O–H groups in total. The van der Waals surface area contributed by atoms with Crippen molar-refractivity contribution in [2.24, 2.45) is 0 Å². The number of aliphatic hydroxyl groups is 1. The number of carbonyl (C=O) groups excluding carboxylic acids is 1. The minimum absolute atomic E-state index is 0.0373. The molecule has 3 rings (SSSR count). The zero-order valence-electron chi connectivity index (χ0n) is 14.6. The summed E-state index contributed by atoms with van der Waals surface area (Å²) in [6.07, 6.45) is 4.83. The highest BCUT2D eigenvalue weighted by atomic mass is 16.3. The number of hydrogen-bond donors (Lipinski definition) is 2. The van der Waals surface area contributed by atoms with Gasteiger partial charge >= 0.3 is 0 Å². The Morgan fingerprint density at radius 3 is 2.46 bits per heavy atom. The molecule has 0 radical (unpaired) electrons. The summed E-state index contributed by atoms with van der Waals surface area (Å²) in [6, 6.07) is 8.87. The summed E-state index contributed by atoms with van der Waals surface area (Å²) in [6.45, 7) is 4.56. The van der Waals surface area contributed by atoms with E-state index in [1.54, 1.807) is 7.05 Å². The zero-order valence-corrected chi connectivity index (χ0v) is 14.6. The van der Waals surface area contributed by atoms with E-state index >= 15 is 0 Å². The second-order valence-corrected chi connectivity index (χ2v) is 7.02. The lowest BCUT2D eigenvalue weighted by Gasteiger charge is -2.31.